The third kappa shape index (κ3) is 2.99. The first kappa shape index (κ1) is 10.5. The highest BCUT2D eigenvalue weighted by atomic mass is 35.5. The summed E-state index contributed by atoms with van der Waals surface area (Å²) in [6, 6.07) is 7.90. The molecule has 0 aliphatic heterocycles. The predicted molar refractivity (Wildman–Crippen MR) is 55.0 cm³/mol. The largest absolute Gasteiger partial charge is 0.395 e. The molecule has 3 heteroatoms. The standard InChI is InChI=1S/C10H14ClNO/c1-8(12-6-7-13)9-4-2-3-5-10(9)11/h2-5,8,12-13H,6-7H2,1H3. The Morgan fingerprint density at radius 1 is 1.46 bits per heavy atom. The molecular formula is C10H14ClNO. The van der Waals surface area contributed by atoms with Gasteiger partial charge >= 0.3 is 0 Å². The van der Waals surface area contributed by atoms with Crippen LogP contribution in [0.5, 0.6) is 0 Å². The summed E-state index contributed by atoms with van der Waals surface area (Å²) < 4.78 is 0. The van der Waals surface area contributed by atoms with Gasteiger partial charge in [-0.3, -0.25) is 0 Å². The van der Waals surface area contributed by atoms with Crippen molar-refractivity contribution in [3.63, 3.8) is 0 Å². The fourth-order valence-corrected chi connectivity index (χ4v) is 1.52. The number of nitrogens with one attached hydrogen (secondary N) is 1. The highest BCUT2D eigenvalue weighted by Gasteiger charge is 2.06. The maximum absolute atomic E-state index is 8.64. The van der Waals surface area contributed by atoms with Gasteiger partial charge in [0.05, 0.1) is 6.61 Å². The molecule has 2 N–H and O–H groups in total. The predicted octanol–water partition coefficient (Wildman–Crippen LogP) is 1.98. The second-order valence-corrected chi connectivity index (χ2v) is 3.33. The molecule has 1 aromatic carbocycles. The highest BCUT2D eigenvalue weighted by molar-refractivity contribution is 6.31. The van der Waals surface area contributed by atoms with Crippen LogP contribution in [-0.2, 0) is 0 Å². The molecule has 0 radical (unpaired) electrons. The normalized spacial score (nSPS) is 12.8. The van der Waals surface area contributed by atoms with Gasteiger partial charge < -0.3 is 10.4 Å². The fourth-order valence-electron chi connectivity index (χ4n) is 1.22. The number of rotatable bonds is 4. The summed E-state index contributed by atoms with van der Waals surface area (Å²) in [6.45, 7) is 2.76. The lowest BCUT2D eigenvalue weighted by Crippen LogP contribution is -2.22. The summed E-state index contributed by atoms with van der Waals surface area (Å²) in [7, 11) is 0. The third-order valence-corrected chi connectivity index (χ3v) is 2.28. The minimum absolute atomic E-state index is 0.148. The summed E-state index contributed by atoms with van der Waals surface area (Å²) in [4.78, 5) is 0. The molecule has 0 saturated heterocycles. The summed E-state index contributed by atoms with van der Waals surface area (Å²) in [5.74, 6) is 0. The zero-order valence-corrected chi connectivity index (χ0v) is 8.38. The van der Waals surface area contributed by atoms with Crippen molar-refractivity contribution in [2.24, 2.45) is 0 Å². The Morgan fingerprint density at radius 3 is 2.77 bits per heavy atom. The van der Waals surface area contributed by atoms with Crippen molar-refractivity contribution >= 4 is 11.6 Å². The summed E-state index contributed by atoms with van der Waals surface area (Å²) >= 11 is 6.00. The Morgan fingerprint density at radius 2 is 2.15 bits per heavy atom. The van der Waals surface area contributed by atoms with Crippen LogP contribution >= 0.6 is 11.6 Å². The first-order valence-electron chi connectivity index (χ1n) is 4.34. The van der Waals surface area contributed by atoms with Gasteiger partial charge in [-0.2, -0.15) is 0 Å². The molecule has 0 spiro atoms. The summed E-state index contributed by atoms with van der Waals surface area (Å²) in [6.07, 6.45) is 0. The number of benzene rings is 1. The molecule has 0 aromatic heterocycles. The average Bonchev–Trinajstić information content (AvgIpc) is 2.15. The Labute approximate surface area is 83.5 Å². The lowest BCUT2D eigenvalue weighted by atomic mass is 10.1. The van der Waals surface area contributed by atoms with Crippen LogP contribution in [0, 0.1) is 0 Å². The second kappa shape index (κ2) is 5.22. The van der Waals surface area contributed by atoms with Gasteiger partial charge in [-0.15, -0.1) is 0 Å². The van der Waals surface area contributed by atoms with E-state index in [1.54, 1.807) is 0 Å². The van der Waals surface area contributed by atoms with E-state index >= 15 is 0 Å². The number of hydrogen-bond acceptors (Lipinski definition) is 2. The number of halogens is 1. The Kier molecular flexibility index (Phi) is 4.22. The molecule has 1 unspecified atom stereocenters. The van der Waals surface area contributed by atoms with E-state index in [1.807, 2.05) is 31.2 Å². The minimum atomic E-state index is 0.148. The molecule has 0 amide bonds. The van der Waals surface area contributed by atoms with Crippen LogP contribution in [0.4, 0.5) is 0 Å². The van der Waals surface area contributed by atoms with Crippen molar-refractivity contribution in [3.05, 3.63) is 34.9 Å². The molecule has 0 bridgehead atoms. The summed E-state index contributed by atoms with van der Waals surface area (Å²) in [5, 5.41) is 12.6. The van der Waals surface area contributed by atoms with Gasteiger partial charge in [0, 0.05) is 17.6 Å². The summed E-state index contributed by atoms with van der Waals surface area (Å²) in [5.41, 5.74) is 1.07. The van der Waals surface area contributed by atoms with Crippen molar-refractivity contribution < 1.29 is 5.11 Å². The topological polar surface area (TPSA) is 32.3 Å². The molecule has 13 heavy (non-hydrogen) atoms. The van der Waals surface area contributed by atoms with Crippen LogP contribution in [-0.4, -0.2) is 18.3 Å². The van der Waals surface area contributed by atoms with E-state index in [-0.39, 0.29) is 12.6 Å². The number of aliphatic hydroxyl groups is 1. The molecule has 0 aliphatic carbocycles. The van der Waals surface area contributed by atoms with Gasteiger partial charge in [0.15, 0.2) is 0 Å². The number of hydrogen-bond donors (Lipinski definition) is 2. The van der Waals surface area contributed by atoms with Crippen molar-refractivity contribution in [2.75, 3.05) is 13.2 Å². The zero-order valence-electron chi connectivity index (χ0n) is 7.63. The van der Waals surface area contributed by atoms with Gasteiger partial charge in [-0.05, 0) is 18.6 Å². The number of aliphatic hydroxyl groups excluding tert-OH is 1. The van der Waals surface area contributed by atoms with Crippen LogP contribution in [0.2, 0.25) is 5.02 Å². The smallest absolute Gasteiger partial charge is 0.0556 e. The second-order valence-electron chi connectivity index (χ2n) is 2.92. The van der Waals surface area contributed by atoms with Gasteiger partial charge in [0.2, 0.25) is 0 Å². The molecule has 0 saturated carbocycles. The zero-order chi connectivity index (χ0) is 9.68. The monoisotopic (exact) mass is 199 g/mol. The molecule has 0 fully saturated rings. The van der Waals surface area contributed by atoms with Crippen molar-refractivity contribution in [2.45, 2.75) is 13.0 Å². The van der Waals surface area contributed by atoms with Crippen LogP contribution in [0.3, 0.4) is 0 Å². The third-order valence-electron chi connectivity index (χ3n) is 1.93. The van der Waals surface area contributed by atoms with Crippen LogP contribution in [0.25, 0.3) is 0 Å². The van der Waals surface area contributed by atoms with E-state index < -0.39 is 0 Å². The SMILES string of the molecule is CC(NCCO)c1ccccc1Cl. The minimum Gasteiger partial charge on any atom is -0.395 e. The molecule has 1 atom stereocenters. The highest BCUT2D eigenvalue weighted by Crippen LogP contribution is 2.21. The molecule has 0 heterocycles. The Hall–Kier alpha value is -0.570. The van der Waals surface area contributed by atoms with Gasteiger partial charge in [-0.25, -0.2) is 0 Å². The van der Waals surface area contributed by atoms with Crippen molar-refractivity contribution in [1.29, 1.82) is 0 Å². The van der Waals surface area contributed by atoms with Crippen LogP contribution in [0.1, 0.15) is 18.5 Å². The quantitative estimate of drug-likeness (QED) is 0.778. The molecule has 1 aromatic rings. The maximum Gasteiger partial charge on any atom is 0.0556 e. The van der Waals surface area contributed by atoms with E-state index in [9.17, 15) is 0 Å². The van der Waals surface area contributed by atoms with Gasteiger partial charge in [0.1, 0.15) is 0 Å². The van der Waals surface area contributed by atoms with Crippen LogP contribution in [0.15, 0.2) is 24.3 Å². The Bertz CT molecular complexity index is 265. The van der Waals surface area contributed by atoms with E-state index in [2.05, 4.69) is 5.32 Å². The van der Waals surface area contributed by atoms with Gasteiger partial charge in [0.25, 0.3) is 0 Å². The van der Waals surface area contributed by atoms with E-state index in [1.165, 1.54) is 0 Å². The lowest BCUT2D eigenvalue weighted by Gasteiger charge is -2.14. The first-order chi connectivity index (χ1) is 6.25. The van der Waals surface area contributed by atoms with Gasteiger partial charge in [-0.1, -0.05) is 29.8 Å². The fraction of sp³-hybridized carbons (Fsp3) is 0.400. The van der Waals surface area contributed by atoms with E-state index in [0.717, 1.165) is 10.6 Å². The van der Waals surface area contributed by atoms with E-state index in [4.69, 9.17) is 16.7 Å². The molecule has 2 nitrogen and oxygen atoms in total. The lowest BCUT2D eigenvalue weighted by molar-refractivity contribution is 0.286. The average molecular weight is 200 g/mol. The molecule has 72 valence electrons. The van der Waals surface area contributed by atoms with Crippen LogP contribution < -0.4 is 5.32 Å². The molecule has 0 aliphatic rings. The van der Waals surface area contributed by atoms with Crippen molar-refractivity contribution in [3.8, 4) is 0 Å². The molecule has 1 rings (SSSR count). The maximum atomic E-state index is 8.64. The molecular weight excluding hydrogens is 186 g/mol. The van der Waals surface area contributed by atoms with Crippen molar-refractivity contribution in [1.82, 2.24) is 5.32 Å². The van der Waals surface area contributed by atoms with E-state index in [0.29, 0.717) is 6.54 Å². The Balaban J connectivity index is 2.65. The first-order valence-corrected chi connectivity index (χ1v) is 4.72.